The van der Waals surface area contributed by atoms with Crippen molar-refractivity contribution in [1.82, 2.24) is 4.98 Å². The predicted octanol–water partition coefficient (Wildman–Crippen LogP) is 4.51. The van der Waals surface area contributed by atoms with Crippen LogP contribution in [-0.2, 0) is 6.61 Å². The number of nitrogens with one attached hydrogen (secondary N) is 2. The minimum Gasteiger partial charge on any atom is -0.489 e. The summed E-state index contributed by atoms with van der Waals surface area (Å²) in [6.07, 6.45) is 3.35. The second kappa shape index (κ2) is 9.20. The van der Waals surface area contributed by atoms with Crippen LogP contribution in [0.25, 0.3) is 0 Å². The van der Waals surface area contributed by atoms with Gasteiger partial charge in [0.2, 0.25) is 0 Å². The number of ether oxygens (including phenoxy) is 1. The molecule has 3 aromatic rings. The molecule has 0 unspecified atom stereocenters. The van der Waals surface area contributed by atoms with Crippen molar-refractivity contribution >= 4 is 17.3 Å². The molecule has 5 heteroatoms. The van der Waals surface area contributed by atoms with E-state index < -0.39 is 0 Å². The summed E-state index contributed by atoms with van der Waals surface area (Å²) < 4.78 is 5.75. The zero-order valence-electron chi connectivity index (χ0n) is 14.9. The minimum absolute atomic E-state index is 0.268. The van der Waals surface area contributed by atoms with E-state index in [0.29, 0.717) is 24.5 Å². The van der Waals surface area contributed by atoms with Crippen molar-refractivity contribution in [2.45, 2.75) is 6.61 Å². The van der Waals surface area contributed by atoms with Gasteiger partial charge in [-0.25, -0.2) is 0 Å². The topological polar surface area (TPSA) is 63.2 Å². The molecule has 0 bridgehead atoms. The van der Waals surface area contributed by atoms with E-state index in [2.05, 4.69) is 22.2 Å². The maximum Gasteiger partial charge on any atom is 0.274 e. The van der Waals surface area contributed by atoms with Gasteiger partial charge in [0.15, 0.2) is 0 Å². The van der Waals surface area contributed by atoms with Crippen LogP contribution in [-0.4, -0.2) is 17.4 Å². The second-order valence-electron chi connectivity index (χ2n) is 5.85. The molecule has 136 valence electrons. The lowest BCUT2D eigenvalue weighted by Gasteiger charge is -2.09. The number of hydrogen-bond donors (Lipinski definition) is 2. The number of carbonyl (C=O) groups excluding carboxylic acids is 1. The van der Waals surface area contributed by atoms with Gasteiger partial charge in [0.1, 0.15) is 18.1 Å². The lowest BCUT2D eigenvalue weighted by Crippen LogP contribution is -2.14. The summed E-state index contributed by atoms with van der Waals surface area (Å²) in [6.45, 7) is 4.78. The number of pyridine rings is 1. The number of amides is 1. The molecule has 0 fully saturated rings. The molecule has 2 aromatic carbocycles. The van der Waals surface area contributed by atoms with E-state index in [9.17, 15) is 4.79 Å². The van der Waals surface area contributed by atoms with E-state index in [-0.39, 0.29) is 5.91 Å². The number of aromatic nitrogens is 1. The second-order valence-corrected chi connectivity index (χ2v) is 5.85. The van der Waals surface area contributed by atoms with Gasteiger partial charge in [-0.05, 0) is 42.0 Å². The fraction of sp³-hybridized carbons (Fsp3) is 0.0909. The summed E-state index contributed by atoms with van der Waals surface area (Å²) >= 11 is 0. The summed E-state index contributed by atoms with van der Waals surface area (Å²) in [5.74, 6) is 0.473. The van der Waals surface area contributed by atoms with E-state index in [1.165, 1.54) is 0 Å². The maximum atomic E-state index is 12.4. The third-order valence-corrected chi connectivity index (χ3v) is 3.80. The zero-order chi connectivity index (χ0) is 18.9. The summed E-state index contributed by atoms with van der Waals surface area (Å²) in [6, 6.07) is 20.7. The highest BCUT2D eigenvalue weighted by atomic mass is 16.5. The van der Waals surface area contributed by atoms with E-state index in [0.717, 1.165) is 17.0 Å². The largest absolute Gasteiger partial charge is 0.489 e. The molecule has 0 aliphatic heterocycles. The van der Waals surface area contributed by atoms with E-state index >= 15 is 0 Å². The first-order valence-electron chi connectivity index (χ1n) is 8.63. The van der Waals surface area contributed by atoms with Gasteiger partial charge in [0, 0.05) is 24.1 Å². The van der Waals surface area contributed by atoms with E-state index in [1.54, 1.807) is 36.5 Å². The van der Waals surface area contributed by atoms with Crippen molar-refractivity contribution in [3.05, 3.63) is 96.8 Å². The summed E-state index contributed by atoms with van der Waals surface area (Å²) in [5.41, 5.74) is 2.94. The first kappa shape index (κ1) is 18.2. The van der Waals surface area contributed by atoms with E-state index in [4.69, 9.17) is 4.74 Å². The highest BCUT2D eigenvalue weighted by molar-refractivity contribution is 6.03. The van der Waals surface area contributed by atoms with Gasteiger partial charge in [-0.1, -0.05) is 36.4 Å². The average Bonchev–Trinajstić information content (AvgIpc) is 2.72. The number of carbonyl (C=O) groups is 1. The van der Waals surface area contributed by atoms with Crippen LogP contribution in [0.15, 0.2) is 85.6 Å². The zero-order valence-corrected chi connectivity index (χ0v) is 14.9. The predicted molar refractivity (Wildman–Crippen MR) is 108 cm³/mol. The average molecular weight is 359 g/mol. The minimum atomic E-state index is -0.268. The van der Waals surface area contributed by atoms with Crippen molar-refractivity contribution in [2.24, 2.45) is 0 Å². The molecule has 1 amide bonds. The molecule has 0 spiro atoms. The van der Waals surface area contributed by atoms with Crippen LogP contribution in [0.2, 0.25) is 0 Å². The number of benzene rings is 2. The van der Waals surface area contributed by atoms with Gasteiger partial charge in [0.05, 0.1) is 0 Å². The van der Waals surface area contributed by atoms with Crippen molar-refractivity contribution in [3.63, 3.8) is 0 Å². The SMILES string of the molecule is C=CCNc1ccnc(C(=O)Nc2ccc(OCc3ccccc3)cc2)c1. The standard InChI is InChI=1S/C22H21N3O2/c1-2-13-23-19-12-14-24-21(15-19)22(26)25-18-8-10-20(11-9-18)27-16-17-6-4-3-5-7-17/h2-12,14-15H,1,13,16H2,(H,23,24)(H,25,26). The van der Waals surface area contributed by atoms with Crippen LogP contribution in [0, 0.1) is 0 Å². The summed E-state index contributed by atoms with van der Waals surface area (Å²) in [5, 5.41) is 5.97. The quantitative estimate of drug-likeness (QED) is 0.581. The molecule has 0 radical (unpaired) electrons. The van der Waals surface area contributed by atoms with Gasteiger partial charge < -0.3 is 15.4 Å². The molecule has 1 heterocycles. The van der Waals surface area contributed by atoms with Crippen LogP contribution < -0.4 is 15.4 Å². The number of nitrogens with zero attached hydrogens (tertiary/aromatic N) is 1. The smallest absolute Gasteiger partial charge is 0.274 e. The van der Waals surface area contributed by atoms with Crippen molar-refractivity contribution in [1.29, 1.82) is 0 Å². The van der Waals surface area contributed by atoms with Crippen molar-refractivity contribution in [2.75, 3.05) is 17.2 Å². The number of hydrogen-bond acceptors (Lipinski definition) is 4. The molecular formula is C22H21N3O2. The monoisotopic (exact) mass is 359 g/mol. The van der Waals surface area contributed by atoms with E-state index in [1.807, 2.05) is 42.5 Å². The fourth-order valence-corrected chi connectivity index (χ4v) is 2.43. The third-order valence-electron chi connectivity index (χ3n) is 3.80. The molecule has 0 aliphatic rings. The number of anilines is 2. The Kier molecular flexibility index (Phi) is 6.20. The molecule has 2 N–H and O–H groups in total. The lowest BCUT2D eigenvalue weighted by atomic mass is 10.2. The Labute approximate surface area is 158 Å². The molecule has 5 nitrogen and oxygen atoms in total. The van der Waals surface area contributed by atoms with Crippen molar-refractivity contribution < 1.29 is 9.53 Å². The molecule has 0 saturated carbocycles. The van der Waals surface area contributed by atoms with Gasteiger partial charge >= 0.3 is 0 Å². The van der Waals surface area contributed by atoms with Gasteiger partial charge in [0.25, 0.3) is 5.91 Å². The fourth-order valence-electron chi connectivity index (χ4n) is 2.43. The molecule has 1 aromatic heterocycles. The Morgan fingerprint density at radius 2 is 1.81 bits per heavy atom. The highest BCUT2D eigenvalue weighted by Crippen LogP contribution is 2.18. The van der Waals surface area contributed by atoms with Crippen LogP contribution in [0.4, 0.5) is 11.4 Å². The maximum absolute atomic E-state index is 12.4. The molecule has 0 aliphatic carbocycles. The Balaban J connectivity index is 1.57. The lowest BCUT2D eigenvalue weighted by molar-refractivity contribution is 0.102. The molecule has 27 heavy (non-hydrogen) atoms. The van der Waals surface area contributed by atoms with Gasteiger partial charge in [-0.15, -0.1) is 6.58 Å². The molecule has 0 atom stereocenters. The first-order chi connectivity index (χ1) is 13.2. The van der Waals surface area contributed by atoms with Crippen molar-refractivity contribution in [3.8, 4) is 5.75 Å². The Hall–Kier alpha value is -3.60. The highest BCUT2D eigenvalue weighted by Gasteiger charge is 2.08. The number of rotatable bonds is 8. The van der Waals surface area contributed by atoms with Gasteiger partial charge in [-0.2, -0.15) is 0 Å². The first-order valence-corrected chi connectivity index (χ1v) is 8.63. The van der Waals surface area contributed by atoms with Crippen LogP contribution in [0.1, 0.15) is 16.1 Å². The third kappa shape index (κ3) is 5.44. The Morgan fingerprint density at radius 1 is 1.04 bits per heavy atom. The Bertz CT molecular complexity index is 893. The summed E-state index contributed by atoms with van der Waals surface area (Å²) in [4.78, 5) is 16.5. The van der Waals surface area contributed by atoms with Crippen LogP contribution >= 0.6 is 0 Å². The normalized spacial score (nSPS) is 10.1. The molecule has 0 saturated heterocycles. The summed E-state index contributed by atoms with van der Waals surface area (Å²) in [7, 11) is 0. The van der Waals surface area contributed by atoms with Crippen LogP contribution in [0.3, 0.4) is 0 Å². The van der Waals surface area contributed by atoms with Gasteiger partial charge in [-0.3, -0.25) is 9.78 Å². The Morgan fingerprint density at radius 3 is 2.56 bits per heavy atom. The molecule has 3 rings (SSSR count). The molecular weight excluding hydrogens is 338 g/mol. The van der Waals surface area contributed by atoms with Crippen LogP contribution in [0.5, 0.6) is 5.75 Å².